The lowest BCUT2D eigenvalue weighted by atomic mass is 10.2. The lowest BCUT2D eigenvalue weighted by Crippen LogP contribution is -2.01. The van der Waals surface area contributed by atoms with Crippen LogP contribution in [0.25, 0.3) is 10.9 Å². The number of pyridine rings is 1. The molecular weight excluding hydrogens is 262 g/mol. The zero-order valence-corrected chi connectivity index (χ0v) is 12.0. The molecule has 2 rings (SSSR count). The molecule has 1 aromatic heterocycles. The van der Waals surface area contributed by atoms with Crippen molar-refractivity contribution in [1.82, 2.24) is 4.98 Å². The minimum Gasteiger partial charge on any atom is -0.435 e. The van der Waals surface area contributed by atoms with E-state index in [9.17, 15) is 8.78 Å². The third-order valence-electron chi connectivity index (χ3n) is 2.00. The predicted octanol–water partition coefficient (Wildman–Crippen LogP) is 4.76. The fourth-order valence-electron chi connectivity index (χ4n) is 1.34. The summed E-state index contributed by atoms with van der Waals surface area (Å²) in [7, 11) is 0. The van der Waals surface area contributed by atoms with Crippen molar-refractivity contribution in [1.29, 1.82) is 5.26 Å². The second kappa shape index (κ2) is 9.68. The van der Waals surface area contributed by atoms with E-state index in [2.05, 4.69) is 9.72 Å². The molecule has 20 heavy (non-hydrogen) atoms. The van der Waals surface area contributed by atoms with Crippen molar-refractivity contribution in [3.8, 4) is 11.8 Å². The molecule has 5 heteroatoms. The van der Waals surface area contributed by atoms with Crippen LogP contribution < -0.4 is 4.74 Å². The first-order valence-corrected chi connectivity index (χ1v) is 6.45. The standard InChI is InChI=1S/C11H6F2N2O.2C2H6/c12-11(13)16-9-3-4-10-7(5-9)1-2-8(6-14)15-10;2*1-2/h1-5,11H;2*1-2H3. The van der Waals surface area contributed by atoms with Crippen LogP contribution in [0, 0.1) is 11.3 Å². The number of alkyl halides is 2. The Balaban J connectivity index is 0.000000829. The van der Waals surface area contributed by atoms with Crippen molar-refractivity contribution in [3.63, 3.8) is 0 Å². The molecule has 0 aliphatic rings. The van der Waals surface area contributed by atoms with Crippen LogP contribution in [-0.2, 0) is 0 Å². The zero-order valence-electron chi connectivity index (χ0n) is 12.0. The molecule has 1 heterocycles. The Morgan fingerprint density at radius 2 is 1.75 bits per heavy atom. The van der Waals surface area contributed by atoms with Gasteiger partial charge in [0.05, 0.1) is 5.52 Å². The molecule has 0 aliphatic heterocycles. The largest absolute Gasteiger partial charge is 0.435 e. The molecule has 0 spiro atoms. The van der Waals surface area contributed by atoms with E-state index in [0.29, 0.717) is 10.9 Å². The molecular formula is C15H18F2N2O. The van der Waals surface area contributed by atoms with Crippen LogP contribution in [-0.4, -0.2) is 11.6 Å². The molecule has 0 N–H and O–H groups in total. The third-order valence-corrected chi connectivity index (χ3v) is 2.00. The van der Waals surface area contributed by atoms with Gasteiger partial charge in [0.2, 0.25) is 0 Å². The Kier molecular flexibility index (Phi) is 8.60. The van der Waals surface area contributed by atoms with E-state index < -0.39 is 6.61 Å². The first-order chi connectivity index (χ1) is 9.69. The Labute approximate surface area is 117 Å². The number of rotatable bonds is 2. The zero-order chi connectivity index (χ0) is 15.5. The van der Waals surface area contributed by atoms with Gasteiger partial charge >= 0.3 is 6.61 Å². The highest BCUT2D eigenvalue weighted by molar-refractivity contribution is 5.80. The van der Waals surface area contributed by atoms with Crippen molar-refractivity contribution in [3.05, 3.63) is 36.0 Å². The molecule has 0 bridgehead atoms. The molecule has 0 aliphatic carbocycles. The number of benzene rings is 1. The van der Waals surface area contributed by atoms with Gasteiger partial charge in [-0.2, -0.15) is 14.0 Å². The van der Waals surface area contributed by atoms with Gasteiger partial charge in [-0.25, -0.2) is 4.98 Å². The van der Waals surface area contributed by atoms with E-state index >= 15 is 0 Å². The van der Waals surface area contributed by atoms with Gasteiger partial charge in [-0.15, -0.1) is 0 Å². The highest BCUT2D eigenvalue weighted by Crippen LogP contribution is 2.21. The molecule has 0 fully saturated rings. The van der Waals surface area contributed by atoms with Crippen LogP contribution >= 0.6 is 0 Å². The molecule has 0 saturated heterocycles. The van der Waals surface area contributed by atoms with Crippen molar-refractivity contribution in [2.75, 3.05) is 0 Å². The first-order valence-electron chi connectivity index (χ1n) is 6.45. The monoisotopic (exact) mass is 280 g/mol. The van der Waals surface area contributed by atoms with E-state index in [1.54, 1.807) is 6.07 Å². The second-order valence-corrected chi connectivity index (χ2v) is 3.04. The average molecular weight is 280 g/mol. The van der Waals surface area contributed by atoms with Crippen LogP contribution in [0.4, 0.5) is 8.78 Å². The maximum absolute atomic E-state index is 12.0. The molecule has 3 nitrogen and oxygen atoms in total. The van der Waals surface area contributed by atoms with Gasteiger partial charge in [0, 0.05) is 5.39 Å². The van der Waals surface area contributed by atoms with Gasteiger partial charge in [0.25, 0.3) is 0 Å². The lowest BCUT2D eigenvalue weighted by Gasteiger charge is -2.05. The van der Waals surface area contributed by atoms with E-state index in [1.165, 1.54) is 24.3 Å². The molecule has 0 amide bonds. The molecule has 0 radical (unpaired) electrons. The van der Waals surface area contributed by atoms with E-state index in [1.807, 2.05) is 33.8 Å². The quantitative estimate of drug-likeness (QED) is 0.796. The molecule has 0 atom stereocenters. The minimum absolute atomic E-state index is 0.0778. The first kappa shape index (κ1) is 17.8. The van der Waals surface area contributed by atoms with E-state index in [4.69, 9.17) is 5.26 Å². The molecule has 0 unspecified atom stereocenters. The summed E-state index contributed by atoms with van der Waals surface area (Å²) in [6.45, 7) is 5.16. The highest BCUT2D eigenvalue weighted by Gasteiger charge is 2.05. The highest BCUT2D eigenvalue weighted by atomic mass is 19.3. The number of ether oxygens (including phenoxy) is 1. The van der Waals surface area contributed by atoms with Crippen molar-refractivity contribution in [2.24, 2.45) is 0 Å². The summed E-state index contributed by atoms with van der Waals surface area (Å²) in [6.07, 6.45) is 0. The average Bonchev–Trinajstić information content (AvgIpc) is 2.50. The van der Waals surface area contributed by atoms with Gasteiger partial charge < -0.3 is 4.74 Å². The van der Waals surface area contributed by atoms with Gasteiger partial charge in [0.15, 0.2) is 0 Å². The van der Waals surface area contributed by atoms with Crippen LogP contribution in [0.2, 0.25) is 0 Å². The topological polar surface area (TPSA) is 45.9 Å². The number of hydrogen-bond acceptors (Lipinski definition) is 3. The number of fused-ring (bicyclic) bond motifs is 1. The predicted molar refractivity (Wildman–Crippen MR) is 75.8 cm³/mol. The van der Waals surface area contributed by atoms with Gasteiger partial charge in [-0.1, -0.05) is 27.7 Å². The maximum Gasteiger partial charge on any atom is 0.387 e. The van der Waals surface area contributed by atoms with Crippen LogP contribution in [0.15, 0.2) is 30.3 Å². The van der Waals surface area contributed by atoms with Crippen molar-refractivity contribution >= 4 is 10.9 Å². The van der Waals surface area contributed by atoms with Crippen molar-refractivity contribution < 1.29 is 13.5 Å². The summed E-state index contributed by atoms with van der Waals surface area (Å²) in [5.74, 6) is 0.0778. The Morgan fingerprint density at radius 3 is 2.30 bits per heavy atom. The third kappa shape index (κ3) is 5.19. The second-order valence-electron chi connectivity index (χ2n) is 3.04. The number of hydrogen-bond donors (Lipinski definition) is 0. The van der Waals surface area contributed by atoms with Crippen molar-refractivity contribution in [2.45, 2.75) is 34.3 Å². The summed E-state index contributed by atoms with van der Waals surface area (Å²) in [5.41, 5.74) is 0.857. The lowest BCUT2D eigenvalue weighted by molar-refractivity contribution is -0.0497. The summed E-state index contributed by atoms with van der Waals surface area (Å²) >= 11 is 0. The van der Waals surface area contributed by atoms with Gasteiger partial charge in [0.1, 0.15) is 17.5 Å². The SMILES string of the molecule is CC.CC.N#Cc1ccc2cc(OC(F)F)ccc2n1. The summed E-state index contributed by atoms with van der Waals surface area (Å²) in [4.78, 5) is 4.01. The smallest absolute Gasteiger partial charge is 0.387 e. The molecule has 2 aromatic rings. The Morgan fingerprint density at radius 1 is 1.10 bits per heavy atom. The summed E-state index contributed by atoms with van der Waals surface area (Å²) in [6, 6.07) is 9.45. The minimum atomic E-state index is -2.84. The number of nitrogens with zero attached hydrogens (tertiary/aromatic N) is 2. The fourth-order valence-corrected chi connectivity index (χ4v) is 1.34. The summed E-state index contributed by atoms with van der Waals surface area (Å²) < 4.78 is 28.2. The normalized spacial score (nSPS) is 8.90. The van der Waals surface area contributed by atoms with Crippen LogP contribution in [0.1, 0.15) is 33.4 Å². The van der Waals surface area contributed by atoms with Crippen LogP contribution in [0.3, 0.4) is 0 Å². The van der Waals surface area contributed by atoms with Gasteiger partial charge in [-0.05, 0) is 30.3 Å². The number of nitriles is 1. The van der Waals surface area contributed by atoms with Gasteiger partial charge in [-0.3, -0.25) is 0 Å². The molecule has 1 aromatic carbocycles. The molecule has 108 valence electrons. The summed E-state index contributed by atoms with van der Waals surface area (Å²) in [5, 5.41) is 9.28. The maximum atomic E-state index is 12.0. The Hall–Kier alpha value is -2.22. The van der Waals surface area contributed by atoms with E-state index in [0.717, 1.165) is 0 Å². The number of aromatic nitrogens is 1. The molecule has 0 saturated carbocycles. The number of halogens is 2. The van der Waals surface area contributed by atoms with Crippen LogP contribution in [0.5, 0.6) is 5.75 Å². The fraction of sp³-hybridized carbons (Fsp3) is 0.333. The van der Waals surface area contributed by atoms with E-state index in [-0.39, 0.29) is 11.4 Å². The Bertz CT molecular complexity index is 565.